The molecule has 0 spiro atoms. The first-order chi connectivity index (χ1) is 11.7. The summed E-state index contributed by atoms with van der Waals surface area (Å²) in [5.74, 6) is 3.09. The molecule has 5 nitrogen and oxygen atoms in total. The lowest BCUT2D eigenvalue weighted by atomic mass is 10.1. The molecule has 2 aliphatic heterocycles. The van der Waals surface area contributed by atoms with Crippen LogP contribution in [0, 0.1) is 6.92 Å². The Hall–Kier alpha value is -1.24. The van der Waals surface area contributed by atoms with E-state index in [0.717, 1.165) is 61.1 Å². The van der Waals surface area contributed by atoms with E-state index in [1.54, 1.807) is 0 Å². The van der Waals surface area contributed by atoms with Gasteiger partial charge in [-0.3, -0.25) is 4.79 Å². The number of benzene rings is 1. The molecule has 2 saturated heterocycles. The van der Waals surface area contributed by atoms with Crippen molar-refractivity contribution < 1.29 is 14.3 Å². The Labute approximate surface area is 147 Å². The second kappa shape index (κ2) is 8.74. The van der Waals surface area contributed by atoms with Crippen molar-refractivity contribution in [3.63, 3.8) is 0 Å². The SMILES string of the molecule is Cc1cc(NC(=O)CC2CSCCN2)ccc1OC1CCOCC1. The highest BCUT2D eigenvalue weighted by Gasteiger charge is 2.18. The van der Waals surface area contributed by atoms with Crippen LogP contribution in [-0.4, -0.2) is 49.3 Å². The summed E-state index contributed by atoms with van der Waals surface area (Å²) in [7, 11) is 0. The molecule has 1 aromatic carbocycles. The van der Waals surface area contributed by atoms with Gasteiger partial charge in [0.1, 0.15) is 11.9 Å². The van der Waals surface area contributed by atoms with Gasteiger partial charge >= 0.3 is 0 Å². The standard InChI is InChI=1S/C18H26N2O3S/c1-13-10-14(20-18(21)11-15-12-24-9-6-19-15)2-3-17(13)23-16-4-7-22-8-5-16/h2-3,10,15-16,19H,4-9,11-12H2,1H3,(H,20,21). The molecule has 3 rings (SSSR count). The van der Waals surface area contributed by atoms with Gasteiger partial charge in [-0.15, -0.1) is 0 Å². The van der Waals surface area contributed by atoms with Crippen LogP contribution in [0.15, 0.2) is 18.2 Å². The fraction of sp³-hybridized carbons (Fsp3) is 0.611. The van der Waals surface area contributed by atoms with Crippen molar-refractivity contribution in [1.82, 2.24) is 5.32 Å². The van der Waals surface area contributed by atoms with Gasteiger partial charge in [-0.25, -0.2) is 0 Å². The van der Waals surface area contributed by atoms with Gasteiger partial charge < -0.3 is 20.1 Å². The highest BCUT2D eigenvalue weighted by atomic mass is 32.2. The summed E-state index contributed by atoms with van der Waals surface area (Å²) in [6.45, 7) is 4.54. The van der Waals surface area contributed by atoms with E-state index < -0.39 is 0 Å². The van der Waals surface area contributed by atoms with Crippen LogP contribution in [0.5, 0.6) is 5.75 Å². The van der Waals surface area contributed by atoms with Gasteiger partial charge in [-0.2, -0.15) is 11.8 Å². The Kier molecular flexibility index (Phi) is 6.40. The minimum atomic E-state index is 0.0625. The number of hydrogen-bond donors (Lipinski definition) is 2. The van der Waals surface area contributed by atoms with E-state index in [4.69, 9.17) is 9.47 Å². The summed E-state index contributed by atoms with van der Waals surface area (Å²) in [6, 6.07) is 6.13. The predicted molar refractivity (Wildman–Crippen MR) is 98.0 cm³/mol. The van der Waals surface area contributed by atoms with E-state index in [2.05, 4.69) is 10.6 Å². The number of aryl methyl sites for hydroxylation is 1. The first kappa shape index (κ1) is 17.6. The molecular formula is C18H26N2O3S. The Morgan fingerprint density at radius 2 is 2.25 bits per heavy atom. The van der Waals surface area contributed by atoms with E-state index >= 15 is 0 Å². The van der Waals surface area contributed by atoms with Crippen LogP contribution in [-0.2, 0) is 9.53 Å². The number of hydrogen-bond acceptors (Lipinski definition) is 5. The van der Waals surface area contributed by atoms with E-state index in [0.29, 0.717) is 6.42 Å². The number of carbonyl (C=O) groups excluding carboxylic acids is 1. The fourth-order valence-corrected chi connectivity index (χ4v) is 3.97. The zero-order chi connectivity index (χ0) is 16.8. The molecule has 1 unspecified atom stereocenters. The Balaban J connectivity index is 1.52. The van der Waals surface area contributed by atoms with Crippen molar-refractivity contribution in [2.24, 2.45) is 0 Å². The van der Waals surface area contributed by atoms with Crippen LogP contribution in [0.2, 0.25) is 0 Å². The fourth-order valence-electron chi connectivity index (χ4n) is 3.02. The Bertz CT molecular complexity index is 555. The maximum atomic E-state index is 12.2. The van der Waals surface area contributed by atoms with Crippen LogP contribution in [0.25, 0.3) is 0 Å². The third kappa shape index (κ3) is 5.13. The third-order valence-electron chi connectivity index (χ3n) is 4.35. The van der Waals surface area contributed by atoms with Crippen molar-refractivity contribution in [3.05, 3.63) is 23.8 Å². The predicted octanol–water partition coefficient (Wildman–Crippen LogP) is 2.59. The second-order valence-electron chi connectivity index (χ2n) is 6.39. The van der Waals surface area contributed by atoms with Gasteiger partial charge in [0, 0.05) is 49.0 Å². The smallest absolute Gasteiger partial charge is 0.225 e. The van der Waals surface area contributed by atoms with Crippen LogP contribution in [0.3, 0.4) is 0 Å². The van der Waals surface area contributed by atoms with Gasteiger partial charge in [0.05, 0.1) is 13.2 Å². The molecule has 0 saturated carbocycles. The monoisotopic (exact) mass is 350 g/mol. The molecule has 2 heterocycles. The summed E-state index contributed by atoms with van der Waals surface area (Å²) in [6.07, 6.45) is 2.62. The lowest BCUT2D eigenvalue weighted by Crippen LogP contribution is -2.39. The summed E-state index contributed by atoms with van der Waals surface area (Å²) >= 11 is 1.90. The molecule has 2 N–H and O–H groups in total. The lowest BCUT2D eigenvalue weighted by Gasteiger charge is -2.24. The van der Waals surface area contributed by atoms with E-state index in [-0.39, 0.29) is 18.1 Å². The van der Waals surface area contributed by atoms with Crippen molar-refractivity contribution in [2.75, 3.05) is 36.6 Å². The van der Waals surface area contributed by atoms with Gasteiger partial charge in [-0.05, 0) is 30.7 Å². The highest BCUT2D eigenvalue weighted by Crippen LogP contribution is 2.25. The molecule has 132 valence electrons. The topological polar surface area (TPSA) is 59.6 Å². The van der Waals surface area contributed by atoms with E-state index in [9.17, 15) is 4.79 Å². The van der Waals surface area contributed by atoms with Crippen LogP contribution >= 0.6 is 11.8 Å². The largest absolute Gasteiger partial charge is 0.490 e. The molecule has 24 heavy (non-hydrogen) atoms. The van der Waals surface area contributed by atoms with Gasteiger partial charge in [0.15, 0.2) is 0 Å². The molecule has 0 radical (unpaired) electrons. The number of rotatable bonds is 5. The van der Waals surface area contributed by atoms with Crippen LogP contribution in [0.1, 0.15) is 24.8 Å². The molecule has 6 heteroatoms. The van der Waals surface area contributed by atoms with Crippen LogP contribution in [0.4, 0.5) is 5.69 Å². The first-order valence-corrected chi connectivity index (χ1v) is 9.82. The zero-order valence-electron chi connectivity index (χ0n) is 14.2. The van der Waals surface area contributed by atoms with Crippen LogP contribution < -0.4 is 15.4 Å². The van der Waals surface area contributed by atoms with Crippen molar-refractivity contribution in [2.45, 2.75) is 38.3 Å². The van der Waals surface area contributed by atoms with Crippen molar-refractivity contribution in [1.29, 1.82) is 0 Å². The molecule has 1 amide bonds. The van der Waals surface area contributed by atoms with Crippen molar-refractivity contribution in [3.8, 4) is 5.75 Å². The second-order valence-corrected chi connectivity index (χ2v) is 7.54. The number of amides is 1. The van der Waals surface area contributed by atoms with Gasteiger partial charge in [0.2, 0.25) is 5.91 Å². The Morgan fingerprint density at radius 1 is 1.42 bits per heavy atom. The molecule has 0 aliphatic carbocycles. The van der Waals surface area contributed by atoms with Gasteiger partial charge in [0.25, 0.3) is 0 Å². The summed E-state index contributed by atoms with van der Waals surface area (Å²) in [4.78, 5) is 12.2. The number of anilines is 1. The molecule has 0 aromatic heterocycles. The number of ether oxygens (including phenoxy) is 2. The molecule has 1 atom stereocenters. The van der Waals surface area contributed by atoms with Crippen molar-refractivity contribution >= 4 is 23.4 Å². The quantitative estimate of drug-likeness (QED) is 0.855. The zero-order valence-corrected chi connectivity index (χ0v) is 15.0. The Morgan fingerprint density at radius 3 is 2.96 bits per heavy atom. The third-order valence-corrected chi connectivity index (χ3v) is 5.48. The number of nitrogens with one attached hydrogen (secondary N) is 2. The summed E-state index contributed by atoms with van der Waals surface area (Å²) in [5, 5.41) is 6.39. The van der Waals surface area contributed by atoms with Gasteiger partial charge in [-0.1, -0.05) is 0 Å². The molecule has 2 aliphatic rings. The normalized spacial score (nSPS) is 22.1. The summed E-state index contributed by atoms with van der Waals surface area (Å²) < 4.78 is 11.4. The molecular weight excluding hydrogens is 324 g/mol. The number of carbonyl (C=O) groups is 1. The van der Waals surface area contributed by atoms with E-state index in [1.165, 1.54) is 0 Å². The highest BCUT2D eigenvalue weighted by molar-refractivity contribution is 7.99. The maximum Gasteiger partial charge on any atom is 0.225 e. The lowest BCUT2D eigenvalue weighted by molar-refractivity contribution is -0.116. The average molecular weight is 350 g/mol. The average Bonchev–Trinajstić information content (AvgIpc) is 2.59. The molecule has 2 fully saturated rings. The maximum absolute atomic E-state index is 12.2. The first-order valence-electron chi connectivity index (χ1n) is 8.67. The minimum Gasteiger partial charge on any atom is -0.490 e. The minimum absolute atomic E-state index is 0.0625. The molecule has 1 aromatic rings. The molecule has 0 bridgehead atoms. The van der Waals surface area contributed by atoms with E-state index in [1.807, 2.05) is 36.9 Å². The number of thioether (sulfide) groups is 1. The summed E-state index contributed by atoms with van der Waals surface area (Å²) in [5.41, 5.74) is 1.88.